The number of nitrogens with two attached hydrogens (primary N) is 1. The van der Waals surface area contributed by atoms with E-state index in [1.807, 2.05) is 0 Å². The number of hydrogen-bond donors (Lipinski definition) is 2. The monoisotopic (exact) mass is 221 g/mol. The second kappa shape index (κ2) is 3.86. The molecule has 0 spiro atoms. The number of rotatable bonds is 3. The Balaban J connectivity index is 2.03. The molecule has 1 saturated carbocycles. The van der Waals surface area contributed by atoms with Gasteiger partial charge >= 0.3 is 0 Å². The Bertz CT molecular complexity index is 395. The molecule has 0 saturated heterocycles. The van der Waals surface area contributed by atoms with Gasteiger partial charge in [-0.3, -0.25) is 0 Å². The maximum absolute atomic E-state index is 9.18. The zero-order valence-electron chi connectivity index (χ0n) is 9.52. The molecular weight excluding hydrogens is 202 g/mol. The van der Waals surface area contributed by atoms with Gasteiger partial charge in [-0.2, -0.15) is 0 Å². The maximum Gasteiger partial charge on any atom is 0.112 e. The van der Waals surface area contributed by atoms with E-state index >= 15 is 0 Å². The lowest BCUT2D eigenvalue weighted by atomic mass is 10.1. The van der Waals surface area contributed by atoms with E-state index in [0.717, 1.165) is 18.7 Å². The highest BCUT2D eigenvalue weighted by Crippen LogP contribution is 2.41. The predicted molar refractivity (Wildman–Crippen MR) is 61.2 cm³/mol. The first kappa shape index (κ1) is 10.3. The van der Waals surface area contributed by atoms with Gasteiger partial charge in [0, 0.05) is 18.2 Å². The topological polar surface area (TPSA) is 64.1 Å². The third kappa shape index (κ3) is 1.57. The predicted octanol–water partition coefficient (Wildman–Crippen LogP) is 1.09. The van der Waals surface area contributed by atoms with Crippen LogP contribution in [0.2, 0.25) is 0 Å². The van der Waals surface area contributed by atoms with E-state index in [2.05, 4.69) is 4.57 Å². The molecule has 0 aromatic carbocycles. The lowest BCUT2D eigenvalue weighted by molar-refractivity contribution is 0.265. The average molecular weight is 221 g/mol. The highest BCUT2D eigenvalue weighted by Gasteiger charge is 2.32. The molecule has 2 aliphatic rings. The van der Waals surface area contributed by atoms with Gasteiger partial charge in [0.05, 0.1) is 18.3 Å². The second-order valence-electron chi connectivity index (χ2n) is 4.97. The lowest BCUT2D eigenvalue weighted by Gasteiger charge is -2.18. The van der Waals surface area contributed by atoms with Crippen LogP contribution in [-0.4, -0.2) is 21.3 Å². The molecule has 0 amide bonds. The summed E-state index contributed by atoms with van der Waals surface area (Å²) in [4.78, 5) is 4.70. The third-order valence-electron chi connectivity index (χ3n) is 3.67. The SMILES string of the molecule is NC(CO)c1nc(C2CC2)n2c1CCCC2. The van der Waals surface area contributed by atoms with Crippen molar-refractivity contribution in [1.82, 2.24) is 9.55 Å². The standard InChI is InChI=1S/C12H19N3O/c13-9(7-16)11-10-3-1-2-6-15(10)12(14-11)8-4-5-8/h8-9,16H,1-7,13H2. The highest BCUT2D eigenvalue weighted by atomic mass is 16.3. The highest BCUT2D eigenvalue weighted by molar-refractivity contribution is 5.25. The smallest absolute Gasteiger partial charge is 0.112 e. The van der Waals surface area contributed by atoms with Crippen LogP contribution in [0.25, 0.3) is 0 Å². The molecule has 4 heteroatoms. The summed E-state index contributed by atoms with van der Waals surface area (Å²) in [5.41, 5.74) is 8.16. The van der Waals surface area contributed by atoms with Gasteiger partial charge in [-0.05, 0) is 32.1 Å². The Morgan fingerprint density at radius 3 is 2.94 bits per heavy atom. The fourth-order valence-electron chi connectivity index (χ4n) is 2.64. The van der Waals surface area contributed by atoms with Crippen molar-refractivity contribution in [2.75, 3.05) is 6.61 Å². The molecule has 1 aromatic heterocycles. The molecule has 0 bridgehead atoms. The summed E-state index contributed by atoms with van der Waals surface area (Å²) in [6, 6.07) is -0.299. The Hall–Kier alpha value is -0.870. The van der Waals surface area contributed by atoms with E-state index in [1.165, 1.54) is 37.2 Å². The number of aliphatic hydroxyl groups is 1. The molecule has 1 fully saturated rings. The number of aliphatic hydroxyl groups excluding tert-OH is 1. The molecule has 1 unspecified atom stereocenters. The average Bonchev–Trinajstić information content (AvgIpc) is 3.09. The summed E-state index contributed by atoms with van der Waals surface area (Å²) in [6.45, 7) is 1.08. The van der Waals surface area contributed by atoms with E-state index in [1.54, 1.807) is 0 Å². The van der Waals surface area contributed by atoms with Crippen LogP contribution in [0.1, 0.15) is 54.9 Å². The zero-order valence-corrected chi connectivity index (χ0v) is 9.52. The molecule has 1 atom stereocenters. The molecule has 1 aromatic rings. The van der Waals surface area contributed by atoms with Gasteiger partial charge in [-0.1, -0.05) is 0 Å². The van der Waals surface area contributed by atoms with Gasteiger partial charge in [0.1, 0.15) is 5.82 Å². The van der Waals surface area contributed by atoms with Gasteiger partial charge < -0.3 is 15.4 Å². The first-order valence-corrected chi connectivity index (χ1v) is 6.27. The number of aromatic nitrogens is 2. The summed E-state index contributed by atoms with van der Waals surface area (Å²) in [5.74, 6) is 1.89. The Kier molecular flexibility index (Phi) is 2.48. The first-order chi connectivity index (χ1) is 7.81. The number of hydrogen-bond acceptors (Lipinski definition) is 3. The second-order valence-corrected chi connectivity index (χ2v) is 4.97. The molecule has 0 radical (unpaired) electrons. The van der Waals surface area contributed by atoms with E-state index in [0.29, 0.717) is 5.92 Å². The molecule has 88 valence electrons. The summed E-state index contributed by atoms with van der Waals surface area (Å²) in [7, 11) is 0. The van der Waals surface area contributed by atoms with E-state index < -0.39 is 0 Å². The zero-order chi connectivity index (χ0) is 11.1. The molecule has 3 rings (SSSR count). The van der Waals surface area contributed by atoms with Crippen molar-refractivity contribution in [3.05, 3.63) is 17.2 Å². The molecule has 1 aliphatic heterocycles. The summed E-state index contributed by atoms with van der Waals surface area (Å²) in [6.07, 6.45) is 6.08. The van der Waals surface area contributed by atoms with Crippen molar-refractivity contribution in [1.29, 1.82) is 0 Å². The fourth-order valence-corrected chi connectivity index (χ4v) is 2.64. The van der Waals surface area contributed by atoms with E-state index in [4.69, 9.17) is 10.7 Å². The van der Waals surface area contributed by atoms with Crippen molar-refractivity contribution in [2.24, 2.45) is 5.73 Å². The Labute approximate surface area is 95.5 Å². The summed E-state index contributed by atoms with van der Waals surface area (Å²) >= 11 is 0. The molecule has 3 N–H and O–H groups in total. The van der Waals surface area contributed by atoms with Crippen molar-refractivity contribution in [3.63, 3.8) is 0 Å². The van der Waals surface area contributed by atoms with Crippen LogP contribution >= 0.6 is 0 Å². The molecule has 1 aliphatic carbocycles. The van der Waals surface area contributed by atoms with Crippen LogP contribution in [0.4, 0.5) is 0 Å². The molecular formula is C12H19N3O. The fraction of sp³-hybridized carbons (Fsp3) is 0.750. The van der Waals surface area contributed by atoms with Crippen LogP contribution in [0.3, 0.4) is 0 Å². The largest absolute Gasteiger partial charge is 0.394 e. The van der Waals surface area contributed by atoms with Gasteiger partial charge in [0.25, 0.3) is 0 Å². The normalized spacial score (nSPS) is 21.9. The van der Waals surface area contributed by atoms with Gasteiger partial charge in [-0.15, -0.1) is 0 Å². The summed E-state index contributed by atoms with van der Waals surface area (Å²) in [5, 5.41) is 9.18. The maximum atomic E-state index is 9.18. The Morgan fingerprint density at radius 2 is 2.25 bits per heavy atom. The minimum Gasteiger partial charge on any atom is -0.394 e. The van der Waals surface area contributed by atoms with Crippen molar-refractivity contribution in [3.8, 4) is 0 Å². The third-order valence-corrected chi connectivity index (χ3v) is 3.67. The van der Waals surface area contributed by atoms with E-state index in [9.17, 15) is 5.11 Å². The van der Waals surface area contributed by atoms with Crippen molar-refractivity contribution < 1.29 is 5.11 Å². The van der Waals surface area contributed by atoms with Gasteiger partial charge in [0.15, 0.2) is 0 Å². The first-order valence-electron chi connectivity index (χ1n) is 6.27. The quantitative estimate of drug-likeness (QED) is 0.803. The summed E-state index contributed by atoms with van der Waals surface area (Å²) < 4.78 is 2.37. The van der Waals surface area contributed by atoms with Gasteiger partial charge in [-0.25, -0.2) is 4.98 Å². The van der Waals surface area contributed by atoms with Crippen LogP contribution in [0.15, 0.2) is 0 Å². The Morgan fingerprint density at radius 1 is 1.44 bits per heavy atom. The number of nitrogens with zero attached hydrogens (tertiary/aromatic N) is 2. The molecule has 4 nitrogen and oxygen atoms in total. The minimum atomic E-state index is -0.299. The number of fused-ring (bicyclic) bond motifs is 1. The van der Waals surface area contributed by atoms with Crippen molar-refractivity contribution >= 4 is 0 Å². The van der Waals surface area contributed by atoms with Crippen LogP contribution < -0.4 is 5.73 Å². The van der Waals surface area contributed by atoms with Crippen LogP contribution in [0.5, 0.6) is 0 Å². The van der Waals surface area contributed by atoms with Crippen molar-refractivity contribution in [2.45, 2.75) is 50.6 Å². The lowest BCUT2D eigenvalue weighted by Crippen LogP contribution is -2.19. The molecule has 2 heterocycles. The number of imidazole rings is 1. The van der Waals surface area contributed by atoms with E-state index in [-0.39, 0.29) is 12.6 Å². The van der Waals surface area contributed by atoms with Crippen LogP contribution in [0, 0.1) is 0 Å². The molecule has 16 heavy (non-hydrogen) atoms. The van der Waals surface area contributed by atoms with Gasteiger partial charge in [0.2, 0.25) is 0 Å². The minimum absolute atomic E-state index is 0.00583. The van der Waals surface area contributed by atoms with Crippen LogP contribution in [-0.2, 0) is 13.0 Å².